The normalized spacial score (nSPS) is 12.5. The van der Waals surface area contributed by atoms with E-state index in [1.807, 2.05) is 26.8 Å². The molecule has 2 aromatic heterocycles. The van der Waals surface area contributed by atoms with Crippen LogP contribution in [0.5, 0.6) is 5.75 Å². The van der Waals surface area contributed by atoms with Gasteiger partial charge in [-0.1, -0.05) is 0 Å². The second-order valence-corrected chi connectivity index (χ2v) is 4.71. The fourth-order valence-corrected chi connectivity index (χ4v) is 2.19. The summed E-state index contributed by atoms with van der Waals surface area (Å²) >= 11 is 0. The van der Waals surface area contributed by atoms with Crippen LogP contribution in [0.25, 0.3) is 0 Å². The van der Waals surface area contributed by atoms with E-state index in [-0.39, 0.29) is 0 Å². The van der Waals surface area contributed by atoms with Crippen molar-refractivity contribution in [2.75, 3.05) is 7.11 Å². The fraction of sp³-hybridized carbons (Fsp3) is 0.400. The Morgan fingerprint density at radius 3 is 2.63 bits per heavy atom. The van der Waals surface area contributed by atoms with E-state index in [4.69, 9.17) is 9.15 Å². The monoisotopic (exact) mass is 261 g/mol. The van der Waals surface area contributed by atoms with Gasteiger partial charge in [0.25, 0.3) is 0 Å². The number of methoxy groups -OCH3 is 1. The van der Waals surface area contributed by atoms with Crippen molar-refractivity contribution >= 4 is 0 Å². The van der Waals surface area contributed by atoms with E-state index in [9.17, 15) is 5.11 Å². The summed E-state index contributed by atoms with van der Waals surface area (Å²) in [6.45, 7) is 5.76. The van der Waals surface area contributed by atoms with E-state index in [1.165, 1.54) is 0 Å². The molecule has 0 fully saturated rings. The third-order valence-electron chi connectivity index (χ3n) is 3.23. The number of rotatable bonds is 4. The van der Waals surface area contributed by atoms with Crippen LogP contribution >= 0.6 is 0 Å². The molecule has 2 rings (SSSR count). The van der Waals surface area contributed by atoms with Crippen molar-refractivity contribution in [1.82, 2.24) is 4.98 Å². The standard InChI is InChI=1S/C15H19NO3/c1-9-8-16-12(11(3)15(9)18-4)7-13(17)14-6-5-10(2)19-14/h5-6,8,13,17H,7H2,1-4H3. The van der Waals surface area contributed by atoms with Crippen LogP contribution in [0.15, 0.2) is 22.7 Å². The maximum absolute atomic E-state index is 10.2. The van der Waals surface area contributed by atoms with Gasteiger partial charge in [0.05, 0.1) is 7.11 Å². The average Bonchev–Trinajstić information content (AvgIpc) is 2.80. The summed E-state index contributed by atoms with van der Waals surface area (Å²) < 4.78 is 10.8. The molecule has 1 unspecified atom stereocenters. The second kappa shape index (κ2) is 5.45. The maximum atomic E-state index is 10.2. The molecule has 2 aromatic rings. The van der Waals surface area contributed by atoms with Gasteiger partial charge in [-0.2, -0.15) is 0 Å². The van der Waals surface area contributed by atoms with E-state index in [1.54, 1.807) is 19.4 Å². The molecule has 19 heavy (non-hydrogen) atoms. The van der Waals surface area contributed by atoms with Gasteiger partial charge in [0.2, 0.25) is 0 Å². The van der Waals surface area contributed by atoms with Crippen molar-refractivity contribution in [2.45, 2.75) is 33.3 Å². The molecule has 0 amide bonds. The van der Waals surface area contributed by atoms with Crippen molar-refractivity contribution in [1.29, 1.82) is 0 Å². The summed E-state index contributed by atoms with van der Waals surface area (Å²) in [4.78, 5) is 4.38. The van der Waals surface area contributed by atoms with Crippen LogP contribution < -0.4 is 4.74 Å². The molecule has 1 N–H and O–H groups in total. The molecule has 0 spiro atoms. The predicted molar refractivity (Wildman–Crippen MR) is 72.4 cm³/mol. The SMILES string of the molecule is COc1c(C)cnc(CC(O)c2ccc(C)o2)c1C. The number of aliphatic hydroxyl groups is 1. The van der Waals surface area contributed by atoms with Crippen molar-refractivity contribution in [2.24, 2.45) is 0 Å². The number of aromatic nitrogens is 1. The highest BCUT2D eigenvalue weighted by molar-refractivity contribution is 5.41. The average molecular weight is 261 g/mol. The van der Waals surface area contributed by atoms with Gasteiger partial charge < -0.3 is 14.3 Å². The quantitative estimate of drug-likeness (QED) is 0.919. The molecule has 0 aliphatic carbocycles. The first-order valence-electron chi connectivity index (χ1n) is 6.26. The van der Waals surface area contributed by atoms with Crippen LogP contribution in [0.1, 0.15) is 34.4 Å². The topological polar surface area (TPSA) is 55.5 Å². The molecule has 0 radical (unpaired) electrons. The fourth-order valence-electron chi connectivity index (χ4n) is 2.19. The first-order chi connectivity index (χ1) is 9.02. The van der Waals surface area contributed by atoms with Crippen molar-refractivity contribution < 1.29 is 14.3 Å². The van der Waals surface area contributed by atoms with Gasteiger partial charge >= 0.3 is 0 Å². The van der Waals surface area contributed by atoms with E-state index >= 15 is 0 Å². The molecule has 4 heteroatoms. The Hall–Kier alpha value is -1.81. The van der Waals surface area contributed by atoms with Gasteiger partial charge in [-0.15, -0.1) is 0 Å². The van der Waals surface area contributed by atoms with Crippen molar-refractivity contribution in [3.63, 3.8) is 0 Å². The van der Waals surface area contributed by atoms with Gasteiger partial charge in [-0.3, -0.25) is 4.98 Å². The molecule has 4 nitrogen and oxygen atoms in total. The van der Waals surface area contributed by atoms with Gasteiger partial charge in [-0.25, -0.2) is 0 Å². The Labute approximate surface area is 113 Å². The predicted octanol–water partition coefficient (Wildman–Crippen LogP) is 2.88. The number of aliphatic hydroxyl groups excluding tert-OH is 1. The minimum Gasteiger partial charge on any atom is -0.496 e. The number of hydrogen-bond acceptors (Lipinski definition) is 4. The van der Waals surface area contributed by atoms with Crippen LogP contribution in [0.2, 0.25) is 0 Å². The Balaban J connectivity index is 2.24. The zero-order valence-electron chi connectivity index (χ0n) is 11.7. The first kappa shape index (κ1) is 13.6. The summed E-state index contributed by atoms with van der Waals surface area (Å²) in [5.41, 5.74) is 2.78. The van der Waals surface area contributed by atoms with E-state index in [0.29, 0.717) is 12.2 Å². The lowest BCUT2D eigenvalue weighted by atomic mass is 10.0. The summed E-state index contributed by atoms with van der Waals surface area (Å²) in [7, 11) is 1.64. The van der Waals surface area contributed by atoms with Crippen LogP contribution in [-0.4, -0.2) is 17.2 Å². The Bertz CT molecular complexity index is 575. The minimum absolute atomic E-state index is 0.412. The lowest BCUT2D eigenvalue weighted by molar-refractivity contribution is 0.147. The third kappa shape index (κ3) is 2.79. The Morgan fingerprint density at radius 1 is 1.32 bits per heavy atom. The van der Waals surface area contributed by atoms with Crippen molar-refractivity contribution in [3.8, 4) is 5.75 Å². The largest absolute Gasteiger partial charge is 0.496 e. The molecule has 0 saturated heterocycles. The number of nitrogens with zero attached hydrogens (tertiary/aromatic N) is 1. The van der Waals surface area contributed by atoms with Gasteiger partial charge in [0, 0.05) is 29.4 Å². The number of hydrogen-bond donors (Lipinski definition) is 1. The molecular formula is C15H19NO3. The summed E-state index contributed by atoms with van der Waals surface area (Å²) in [5, 5.41) is 10.2. The molecule has 102 valence electrons. The number of pyridine rings is 1. The molecule has 0 bridgehead atoms. The summed E-state index contributed by atoms with van der Waals surface area (Å²) in [6, 6.07) is 3.63. The third-order valence-corrected chi connectivity index (χ3v) is 3.23. The zero-order chi connectivity index (χ0) is 14.0. The summed E-state index contributed by atoms with van der Waals surface area (Å²) in [5.74, 6) is 2.19. The van der Waals surface area contributed by atoms with E-state index < -0.39 is 6.10 Å². The van der Waals surface area contributed by atoms with Gasteiger partial charge in [-0.05, 0) is 32.9 Å². The Morgan fingerprint density at radius 2 is 2.05 bits per heavy atom. The number of furan rings is 1. The lowest BCUT2D eigenvalue weighted by Crippen LogP contribution is -2.06. The molecule has 2 heterocycles. The van der Waals surface area contributed by atoms with Crippen LogP contribution in [0.4, 0.5) is 0 Å². The summed E-state index contributed by atoms with van der Waals surface area (Å²) in [6.07, 6.45) is 1.49. The highest BCUT2D eigenvalue weighted by Crippen LogP contribution is 2.27. The molecular weight excluding hydrogens is 242 g/mol. The highest BCUT2D eigenvalue weighted by Gasteiger charge is 2.17. The molecule has 0 aromatic carbocycles. The molecule has 0 saturated carbocycles. The molecule has 1 atom stereocenters. The van der Waals surface area contributed by atoms with E-state index in [2.05, 4.69) is 4.98 Å². The Kier molecular flexibility index (Phi) is 3.90. The lowest BCUT2D eigenvalue weighted by Gasteiger charge is -2.14. The number of aryl methyl sites for hydroxylation is 2. The maximum Gasteiger partial charge on any atom is 0.133 e. The van der Waals surface area contributed by atoms with Crippen molar-refractivity contribution in [3.05, 3.63) is 46.7 Å². The second-order valence-electron chi connectivity index (χ2n) is 4.71. The smallest absolute Gasteiger partial charge is 0.133 e. The van der Waals surface area contributed by atoms with Crippen LogP contribution in [0, 0.1) is 20.8 Å². The molecule has 0 aliphatic heterocycles. The van der Waals surface area contributed by atoms with Crippen LogP contribution in [0.3, 0.4) is 0 Å². The minimum atomic E-state index is -0.688. The van der Waals surface area contributed by atoms with Gasteiger partial charge in [0.1, 0.15) is 23.4 Å². The van der Waals surface area contributed by atoms with E-state index in [0.717, 1.165) is 28.3 Å². The van der Waals surface area contributed by atoms with Gasteiger partial charge in [0.15, 0.2) is 0 Å². The number of ether oxygens (including phenoxy) is 1. The highest BCUT2D eigenvalue weighted by atomic mass is 16.5. The molecule has 0 aliphatic rings. The van der Waals surface area contributed by atoms with Crippen LogP contribution in [-0.2, 0) is 6.42 Å². The zero-order valence-corrected chi connectivity index (χ0v) is 11.7. The first-order valence-corrected chi connectivity index (χ1v) is 6.26.